The van der Waals surface area contributed by atoms with Crippen LogP contribution < -0.4 is 15.4 Å². The summed E-state index contributed by atoms with van der Waals surface area (Å²) in [5, 5.41) is 2.59. The first kappa shape index (κ1) is 16.7. The van der Waals surface area contributed by atoms with E-state index in [4.69, 9.17) is 5.73 Å². The highest BCUT2D eigenvalue weighted by Gasteiger charge is 2.30. The molecule has 122 valence electrons. The van der Waals surface area contributed by atoms with Crippen LogP contribution in [0, 0.1) is 5.82 Å². The molecule has 2 rings (SSSR count). The second-order valence-corrected chi connectivity index (χ2v) is 7.31. The third-order valence-corrected chi connectivity index (χ3v) is 5.37. The molecule has 1 fully saturated rings. The third-order valence-electron chi connectivity index (χ3n) is 3.52. The first-order valence-electron chi connectivity index (χ1n) is 7.21. The number of carbonyl (C=O) groups is 1. The maximum atomic E-state index is 13.9. The van der Waals surface area contributed by atoms with Gasteiger partial charge >= 0.3 is 0 Å². The lowest BCUT2D eigenvalue weighted by Gasteiger charge is -2.19. The molecule has 0 aliphatic carbocycles. The first-order valence-corrected chi connectivity index (χ1v) is 8.82. The van der Waals surface area contributed by atoms with Crippen LogP contribution in [0.3, 0.4) is 0 Å². The summed E-state index contributed by atoms with van der Waals surface area (Å²) >= 11 is 0. The van der Waals surface area contributed by atoms with Crippen molar-refractivity contribution in [1.82, 2.24) is 0 Å². The fraction of sp³-hybridized carbons (Fsp3) is 0.500. The molecule has 1 aromatic carbocycles. The average Bonchev–Trinajstić information content (AvgIpc) is 2.80. The van der Waals surface area contributed by atoms with Crippen LogP contribution in [0.2, 0.25) is 0 Å². The van der Waals surface area contributed by atoms with Gasteiger partial charge in [0.2, 0.25) is 15.9 Å². The Kier molecular flexibility index (Phi) is 5.02. The molecule has 8 heteroatoms. The predicted octanol–water partition coefficient (Wildman–Crippen LogP) is 1.43. The smallest absolute Gasteiger partial charge is 0.241 e. The summed E-state index contributed by atoms with van der Waals surface area (Å²) in [5.41, 5.74) is 6.00. The Morgan fingerprint density at radius 2 is 2.23 bits per heavy atom. The van der Waals surface area contributed by atoms with E-state index < -0.39 is 21.9 Å². The Labute approximate surface area is 129 Å². The van der Waals surface area contributed by atoms with Crippen LogP contribution in [-0.4, -0.2) is 32.7 Å². The van der Waals surface area contributed by atoms with Crippen molar-refractivity contribution in [3.63, 3.8) is 0 Å². The number of nitrogens with zero attached hydrogens (tertiary/aromatic N) is 1. The Bertz CT molecular complexity index is 663. The van der Waals surface area contributed by atoms with Crippen molar-refractivity contribution >= 4 is 27.3 Å². The average molecular weight is 329 g/mol. The summed E-state index contributed by atoms with van der Waals surface area (Å²) in [6, 6.07) is 3.21. The van der Waals surface area contributed by atoms with E-state index in [-0.39, 0.29) is 23.9 Å². The van der Waals surface area contributed by atoms with Gasteiger partial charge < -0.3 is 11.1 Å². The van der Waals surface area contributed by atoms with Gasteiger partial charge in [0, 0.05) is 12.2 Å². The van der Waals surface area contributed by atoms with Crippen LogP contribution in [-0.2, 0) is 14.8 Å². The van der Waals surface area contributed by atoms with E-state index in [2.05, 4.69) is 5.32 Å². The van der Waals surface area contributed by atoms with Gasteiger partial charge in [0.15, 0.2) is 0 Å². The van der Waals surface area contributed by atoms with E-state index in [0.717, 1.165) is 16.8 Å². The molecule has 1 aliphatic rings. The Balaban J connectivity index is 2.22. The van der Waals surface area contributed by atoms with Gasteiger partial charge in [-0.3, -0.25) is 9.10 Å². The van der Waals surface area contributed by atoms with Crippen molar-refractivity contribution in [2.24, 2.45) is 5.73 Å². The zero-order chi connectivity index (χ0) is 16.3. The lowest BCUT2D eigenvalue weighted by molar-refractivity contribution is -0.117. The lowest BCUT2D eigenvalue weighted by Crippen LogP contribution is -2.35. The highest BCUT2D eigenvalue weighted by atomic mass is 32.2. The van der Waals surface area contributed by atoms with E-state index in [0.29, 0.717) is 18.5 Å². The molecular weight excluding hydrogens is 309 g/mol. The second kappa shape index (κ2) is 6.62. The molecule has 0 aromatic heterocycles. The molecule has 0 bridgehead atoms. The van der Waals surface area contributed by atoms with Crippen LogP contribution >= 0.6 is 0 Å². The zero-order valence-corrected chi connectivity index (χ0v) is 13.2. The normalized spacial score (nSPS) is 18.2. The fourth-order valence-electron chi connectivity index (χ4n) is 2.37. The molecule has 3 N–H and O–H groups in total. The van der Waals surface area contributed by atoms with Gasteiger partial charge in [-0.05, 0) is 31.0 Å². The van der Waals surface area contributed by atoms with Gasteiger partial charge in [-0.25, -0.2) is 12.8 Å². The minimum Gasteiger partial charge on any atom is -0.325 e. The molecule has 0 spiro atoms. The summed E-state index contributed by atoms with van der Waals surface area (Å²) in [4.78, 5) is 11.9. The van der Waals surface area contributed by atoms with Crippen molar-refractivity contribution in [3.05, 3.63) is 24.0 Å². The van der Waals surface area contributed by atoms with Crippen LogP contribution in [0.4, 0.5) is 15.8 Å². The van der Waals surface area contributed by atoms with Crippen LogP contribution in [0.15, 0.2) is 18.2 Å². The molecule has 1 amide bonds. The molecule has 0 saturated carbocycles. The van der Waals surface area contributed by atoms with Crippen molar-refractivity contribution in [2.45, 2.75) is 32.2 Å². The molecule has 1 aromatic rings. The summed E-state index contributed by atoms with van der Waals surface area (Å²) in [6.07, 6.45) is 1.77. The van der Waals surface area contributed by atoms with Gasteiger partial charge in [0.25, 0.3) is 0 Å². The Morgan fingerprint density at radius 3 is 2.82 bits per heavy atom. The Hall–Kier alpha value is -1.67. The van der Waals surface area contributed by atoms with Gasteiger partial charge in [0.1, 0.15) is 5.82 Å². The number of hydrogen-bond acceptors (Lipinski definition) is 4. The minimum absolute atomic E-state index is 0.00437. The number of rotatable bonds is 5. The van der Waals surface area contributed by atoms with Crippen molar-refractivity contribution in [3.8, 4) is 0 Å². The van der Waals surface area contributed by atoms with Gasteiger partial charge in [-0.1, -0.05) is 13.3 Å². The van der Waals surface area contributed by atoms with Gasteiger partial charge in [-0.15, -0.1) is 0 Å². The van der Waals surface area contributed by atoms with Crippen LogP contribution in [0.25, 0.3) is 0 Å². The first-order chi connectivity index (χ1) is 10.3. The molecule has 1 unspecified atom stereocenters. The number of amides is 1. The molecule has 1 saturated heterocycles. The van der Waals surface area contributed by atoms with E-state index >= 15 is 0 Å². The zero-order valence-electron chi connectivity index (χ0n) is 12.4. The number of carbonyl (C=O) groups excluding carboxylic acids is 1. The number of sulfonamides is 1. The number of nitrogens with one attached hydrogen (secondary N) is 1. The highest BCUT2D eigenvalue weighted by molar-refractivity contribution is 7.93. The van der Waals surface area contributed by atoms with Gasteiger partial charge in [-0.2, -0.15) is 0 Å². The molecule has 1 aliphatic heterocycles. The molecule has 1 heterocycles. The standard InChI is InChI=1S/C14H20FN3O3S/c1-2-4-12(16)14(19)17-10-5-6-11(15)13(9-10)18-7-3-8-22(18,20)21/h5-6,9,12H,2-4,7-8,16H2,1H3,(H,17,19). The summed E-state index contributed by atoms with van der Waals surface area (Å²) < 4.78 is 38.8. The largest absolute Gasteiger partial charge is 0.325 e. The van der Waals surface area contributed by atoms with Crippen LogP contribution in [0.1, 0.15) is 26.2 Å². The molecule has 6 nitrogen and oxygen atoms in total. The molecule has 0 radical (unpaired) electrons. The lowest BCUT2D eigenvalue weighted by atomic mass is 10.1. The van der Waals surface area contributed by atoms with E-state index in [1.54, 1.807) is 0 Å². The maximum absolute atomic E-state index is 13.9. The monoisotopic (exact) mass is 329 g/mol. The summed E-state index contributed by atoms with van der Waals surface area (Å²) in [7, 11) is -3.48. The van der Waals surface area contributed by atoms with Crippen molar-refractivity contribution < 1.29 is 17.6 Å². The predicted molar refractivity (Wildman–Crippen MR) is 83.7 cm³/mol. The number of anilines is 2. The summed E-state index contributed by atoms with van der Waals surface area (Å²) in [5.74, 6) is -1.00. The van der Waals surface area contributed by atoms with Gasteiger partial charge in [0.05, 0.1) is 17.5 Å². The minimum atomic E-state index is -3.48. The van der Waals surface area contributed by atoms with Crippen LogP contribution in [0.5, 0.6) is 0 Å². The van der Waals surface area contributed by atoms with Crippen molar-refractivity contribution in [2.75, 3.05) is 21.9 Å². The topological polar surface area (TPSA) is 92.5 Å². The number of halogens is 1. The SMILES string of the molecule is CCCC(N)C(=O)Nc1ccc(F)c(N2CCCS2(=O)=O)c1. The van der Waals surface area contributed by atoms with E-state index in [1.807, 2.05) is 6.92 Å². The van der Waals surface area contributed by atoms with E-state index in [1.165, 1.54) is 12.1 Å². The second-order valence-electron chi connectivity index (χ2n) is 5.29. The van der Waals surface area contributed by atoms with E-state index in [9.17, 15) is 17.6 Å². The number of nitrogens with two attached hydrogens (primary N) is 1. The number of hydrogen-bond donors (Lipinski definition) is 2. The molecule has 22 heavy (non-hydrogen) atoms. The maximum Gasteiger partial charge on any atom is 0.241 e. The quantitative estimate of drug-likeness (QED) is 0.855. The molecule has 1 atom stereocenters. The Morgan fingerprint density at radius 1 is 1.50 bits per heavy atom. The highest BCUT2D eigenvalue weighted by Crippen LogP contribution is 2.29. The fourth-order valence-corrected chi connectivity index (χ4v) is 3.93. The third kappa shape index (κ3) is 3.56. The number of benzene rings is 1. The summed E-state index contributed by atoms with van der Waals surface area (Å²) in [6.45, 7) is 2.16. The van der Waals surface area contributed by atoms with Crippen molar-refractivity contribution in [1.29, 1.82) is 0 Å². The molecular formula is C14H20FN3O3S.